The highest BCUT2D eigenvalue weighted by Gasteiger charge is 2.22. The molecule has 74 valence electrons. The molecule has 0 unspecified atom stereocenters. The number of amides is 1. The number of aryl methyl sites for hydroxylation is 2. The molecule has 1 aromatic rings. The third kappa shape index (κ3) is 1.15. The van der Waals surface area contributed by atoms with Gasteiger partial charge in [-0.05, 0) is 6.92 Å². The zero-order valence-electron chi connectivity index (χ0n) is 7.83. The first-order chi connectivity index (χ1) is 6.59. The second-order valence-electron chi connectivity index (χ2n) is 3.06. The highest BCUT2D eigenvalue weighted by molar-refractivity contribution is 5.95. The Morgan fingerprint density at radius 3 is 2.93 bits per heavy atom. The molecule has 6 nitrogen and oxygen atoms in total. The van der Waals surface area contributed by atoms with Crippen molar-refractivity contribution in [1.29, 1.82) is 0 Å². The average molecular weight is 195 g/mol. The fourth-order valence-corrected chi connectivity index (χ4v) is 1.33. The monoisotopic (exact) mass is 195 g/mol. The SMILES string of the molecule is Cc1nn(C)c(=O)c2c1NC(=O)CO2. The van der Waals surface area contributed by atoms with Gasteiger partial charge in [-0.25, -0.2) is 4.68 Å². The number of nitrogens with one attached hydrogen (secondary N) is 1. The Morgan fingerprint density at radius 2 is 2.21 bits per heavy atom. The van der Waals surface area contributed by atoms with Crippen molar-refractivity contribution in [1.82, 2.24) is 9.78 Å². The summed E-state index contributed by atoms with van der Waals surface area (Å²) in [5.74, 6) is -0.102. The van der Waals surface area contributed by atoms with E-state index in [0.29, 0.717) is 11.4 Å². The van der Waals surface area contributed by atoms with Crippen molar-refractivity contribution in [2.75, 3.05) is 11.9 Å². The van der Waals surface area contributed by atoms with Gasteiger partial charge >= 0.3 is 5.56 Å². The lowest BCUT2D eigenvalue weighted by Crippen LogP contribution is -2.33. The van der Waals surface area contributed by atoms with Gasteiger partial charge in [-0.1, -0.05) is 0 Å². The van der Waals surface area contributed by atoms with E-state index in [-0.39, 0.29) is 23.8 Å². The van der Waals surface area contributed by atoms with Crippen molar-refractivity contribution in [2.45, 2.75) is 6.92 Å². The molecule has 1 aliphatic heterocycles. The van der Waals surface area contributed by atoms with Crippen molar-refractivity contribution in [2.24, 2.45) is 7.05 Å². The second kappa shape index (κ2) is 2.83. The maximum atomic E-state index is 11.5. The molecule has 2 heterocycles. The topological polar surface area (TPSA) is 73.2 Å². The first-order valence-electron chi connectivity index (χ1n) is 4.10. The molecule has 0 saturated heterocycles. The summed E-state index contributed by atoms with van der Waals surface area (Å²) in [7, 11) is 1.54. The van der Waals surface area contributed by atoms with E-state index in [0.717, 1.165) is 0 Å². The Hall–Kier alpha value is -1.85. The van der Waals surface area contributed by atoms with Crippen LogP contribution in [0.1, 0.15) is 5.69 Å². The molecule has 1 aromatic heterocycles. The number of ether oxygens (including phenoxy) is 1. The van der Waals surface area contributed by atoms with E-state index in [1.165, 1.54) is 11.7 Å². The Morgan fingerprint density at radius 1 is 1.50 bits per heavy atom. The molecule has 0 spiro atoms. The van der Waals surface area contributed by atoms with Crippen LogP contribution in [0.25, 0.3) is 0 Å². The summed E-state index contributed by atoms with van der Waals surface area (Å²) in [5.41, 5.74) is 0.602. The maximum absolute atomic E-state index is 11.5. The molecule has 0 aromatic carbocycles. The van der Waals surface area contributed by atoms with Crippen LogP contribution in [0.3, 0.4) is 0 Å². The highest BCUT2D eigenvalue weighted by Crippen LogP contribution is 2.24. The number of aromatic nitrogens is 2. The fourth-order valence-electron chi connectivity index (χ4n) is 1.33. The van der Waals surface area contributed by atoms with Gasteiger partial charge in [0.1, 0.15) is 5.69 Å². The molecule has 1 amide bonds. The first kappa shape index (κ1) is 8.74. The molecule has 14 heavy (non-hydrogen) atoms. The minimum atomic E-state index is -0.342. The van der Waals surface area contributed by atoms with Gasteiger partial charge in [0.25, 0.3) is 5.91 Å². The van der Waals surface area contributed by atoms with Crippen LogP contribution < -0.4 is 15.6 Å². The van der Waals surface area contributed by atoms with Crippen LogP contribution in [0.2, 0.25) is 0 Å². The molecule has 0 bridgehead atoms. The maximum Gasteiger partial charge on any atom is 0.311 e. The number of rotatable bonds is 0. The third-order valence-corrected chi connectivity index (χ3v) is 1.99. The lowest BCUT2D eigenvalue weighted by atomic mass is 10.3. The number of hydrogen-bond donors (Lipinski definition) is 1. The molecule has 1 N–H and O–H groups in total. The van der Waals surface area contributed by atoms with Crippen molar-refractivity contribution < 1.29 is 9.53 Å². The summed E-state index contributed by atoms with van der Waals surface area (Å²) < 4.78 is 6.23. The van der Waals surface area contributed by atoms with Crippen LogP contribution in [-0.2, 0) is 11.8 Å². The fraction of sp³-hybridized carbons (Fsp3) is 0.375. The van der Waals surface area contributed by atoms with Crippen LogP contribution in [-0.4, -0.2) is 22.3 Å². The predicted molar refractivity (Wildman–Crippen MR) is 48.3 cm³/mol. The van der Waals surface area contributed by atoms with E-state index in [1.54, 1.807) is 6.92 Å². The van der Waals surface area contributed by atoms with Gasteiger partial charge < -0.3 is 10.1 Å². The molecule has 0 radical (unpaired) electrons. The average Bonchev–Trinajstić information content (AvgIpc) is 2.14. The zero-order chi connectivity index (χ0) is 10.3. The number of fused-ring (bicyclic) bond motifs is 1. The van der Waals surface area contributed by atoms with Crippen LogP contribution in [0.15, 0.2) is 4.79 Å². The van der Waals surface area contributed by atoms with Gasteiger partial charge in [-0.2, -0.15) is 5.10 Å². The Bertz CT molecular complexity index is 464. The smallest absolute Gasteiger partial charge is 0.311 e. The minimum Gasteiger partial charge on any atom is -0.476 e. The van der Waals surface area contributed by atoms with E-state index in [1.807, 2.05) is 0 Å². The van der Waals surface area contributed by atoms with Crippen LogP contribution in [0.4, 0.5) is 5.69 Å². The summed E-state index contributed by atoms with van der Waals surface area (Å²) in [6.45, 7) is 1.58. The van der Waals surface area contributed by atoms with Gasteiger partial charge in [0.05, 0.1) is 5.69 Å². The van der Waals surface area contributed by atoms with Gasteiger partial charge in [-0.3, -0.25) is 9.59 Å². The quantitative estimate of drug-likeness (QED) is 0.601. The normalized spacial score (nSPS) is 14.3. The third-order valence-electron chi connectivity index (χ3n) is 1.99. The number of anilines is 1. The second-order valence-corrected chi connectivity index (χ2v) is 3.06. The van der Waals surface area contributed by atoms with Crippen LogP contribution in [0, 0.1) is 6.92 Å². The summed E-state index contributed by atoms with van der Waals surface area (Å²) in [4.78, 5) is 22.5. The summed E-state index contributed by atoms with van der Waals surface area (Å²) >= 11 is 0. The summed E-state index contributed by atoms with van der Waals surface area (Å²) in [6.07, 6.45) is 0. The van der Waals surface area contributed by atoms with E-state index >= 15 is 0 Å². The minimum absolute atomic E-state index is 0.119. The molecule has 6 heteroatoms. The number of carbonyl (C=O) groups is 1. The molecule has 0 atom stereocenters. The molecule has 0 fully saturated rings. The molecular weight excluding hydrogens is 186 g/mol. The first-order valence-corrected chi connectivity index (χ1v) is 4.10. The number of hydrogen-bond acceptors (Lipinski definition) is 4. The largest absolute Gasteiger partial charge is 0.476 e. The Balaban J connectivity index is 2.69. The van der Waals surface area contributed by atoms with Crippen molar-refractivity contribution >= 4 is 11.6 Å². The zero-order valence-corrected chi connectivity index (χ0v) is 7.83. The van der Waals surface area contributed by atoms with E-state index in [2.05, 4.69) is 10.4 Å². The standard InChI is InChI=1S/C8H9N3O3/c1-4-6-7(8(13)11(2)10-4)14-3-5(12)9-6/h3H2,1-2H3,(H,9,12). The predicted octanol–water partition coefficient (Wildman–Crippen LogP) is -0.580. The molecule has 1 aliphatic rings. The van der Waals surface area contributed by atoms with Crippen molar-refractivity contribution in [3.8, 4) is 5.75 Å². The van der Waals surface area contributed by atoms with Gasteiger partial charge in [0.15, 0.2) is 6.61 Å². The number of carbonyl (C=O) groups excluding carboxylic acids is 1. The molecule has 2 rings (SSSR count). The Labute approximate surface area is 79.5 Å². The van der Waals surface area contributed by atoms with E-state index < -0.39 is 0 Å². The summed E-state index contributed by atoms with van der Waals surface area (Å²) in [5, 5.41) is 6.49. The van der Waals surface area contributed by atoms with Crippen LogP contribution in [0.5, 0.6) is 5.75 Å². The highest BCUT2D eigenvalue weighted by atomic mass is 16.5. The molecular formula is C8H9N3O3. The lowest BCUT2D eigenvalue weighted by molar-refractivity contribution is -0.118. The Kier molecular flexibility index (Phi) is 1.77. The van der Waals surface area contributed by atoms with E-state index in [9.17, 15) is 9.59 Å². The van der Waals surface area contributed by atoms with Gasteiger partial charge in [-0.15, -0.1) is 0 Å². The van der Waals surface area contributed by atoms with Gasteiger partial charge in [0.2, 0.25) is 5.75 Å². The van der Waals surface area contributed by atoms with Crippen molar-refractivity contribution in [3.63, 3.8) is 0 Å². The summed E-state index contributed by atoms with van der Waals surface area (Å²) in [6, 6.07) is 0. The van der Waals surface area contributed by atoms with Gasteiger partial charge in [0, 0.05) is 7.05 Å². The van der Waals surface area contributed by atoms with Crippen LogP contribution >= 0.6 is 0 Å². The van der Waals surface area contributed by atoms with E-state index in [4.69, 9.17) is 4.74 Å². The lowest BCUT2D eigenvalue weighted by Gasteiger charge is -2.18. The number of nitrogens with zero attached hydrogens (tertiary/aromatic N) is 2. The molecule has 0 saturated carbocycles. The molecule has 0 aliphatic carbocycles. The van der Waals surface area contributed by atoms with Crippen molar-refractivity contribution in [3.05, 3.63) is 16.0 Å².